The van der Waals surface area contributed by atoms with Crippen LogP contribution in [0.2, 0.25) is 0 Å². The van der Waals surface area contributed by atoms with Crippen LogP contribution in [-0.4, -0.2) is 45.3 Å². The van der Waals surface area contributed by atoms with E-state index in [4.69, 9.17) is 14.9 Å². The number of amides is 1. The van der Waals surface area contributed by atoms with Gasteiger partial charge in [0, 0.05) is 0 Å². The zero-order valence-electron chi connectivity index (χ0n) is 7.41. The zero-order chi connectivity index (χ0) is 12.1. The molecule has 9 heteroatoms. The fraction of sp³-hybridized carbons (Fsp3) is 0.500. The Balaban J connectivity index is 4.19. The molecule has 0 aliphatic heterocycles. The maximum Gasteiger partial charge on any atom is 0.334 e. The molecular formula is C6H9NO7P. The third-order valence-electron chi connectivity index (χ3n) is 1.21. The van der Waals surface area contributed by atoms with Crippen molar-refractivity contribution in [3.8, 4) is 0 Å². The third-order valence-corrected chi connectivity index (χ3v) is 1.90. The molecule has 0 aromatic heterocycles. The van der Waals surface area contributed by atoms with Gasteiger partial charge in [-0.15, -0.1) is 0 Å². The number of carboxylic acid groups (broad SMARTS) is 1. The first kappa shape index (κ1) is 13.8. The van der Waals surface area contributed by atoms with Gasteiger partial charge in [-0.25, -0.2) is 0 Å². The van der Waals surface area contributed by atoms with Crippen LogP contribution < -0.4 is 5.32 Å². The number of hydrogen-bond donors (Lipinski definition) is 4. The van der Waals surface area contributed by atoms with Gasteiger partial charge in [0.05, 0.1) is 6.42 Å². The van der Waals surface area contributed by atoms with Crippen molar-refractivity contribution in [2.45, 2.75) is 12.5 Å². The van der Waals surface area contributed by atoms with Gasteiger partial charge in [-0.2, -0.15) is 0 Å². The van der Waals surface area contributed by atoms with E-state index in [2.05, 4.69) is 0 Å². The summed E-state index contributed by atoms with van der Waals surface area (Å²) in [5.41, 5.74) is 0. The van der Waals surface area contributed by atoms with Gasteiger partial charge in [0.2, 0.25) is 12.2 Å². The van der Waals surface area contributed by atoms with Gasteiger partial charge in [-0.05, 0) is 0 Å². The Morgan fingerprint density at radius 2 is 1.93 bits per heavy atom. The summed E-state index contributed by atoms with van der Waals surface area (Å²) in [5.74, 6) is -2.43. The maximum atomic E-state index is 10.8. The normalized spacial score (nSPS) is 12.9. The number of carboxylic acids is 1. The van der Waals surface area contributed by atoms with Crippen LogP contribution in [0.25, 0.3) is 0 Å². The Kier molecular flexibility index (Phi) is 5.13. The van der Waals surface area contributed by atoms with Gasteiger partial charge in [0.15, 0.2) is 0 Å². The Morgan fingerprint density at radius 1 is 1.40 bits per heavy atom. The molecule has 4 N–H and O–H groups in total. The number of carbonyl (C=O) groups is 2. The van der Waals surface area contributed by atoms with Crippen molar-refractivity contribution in [2.24, 2.45) is 0 Å². The molecule has 0 aromatic carbocycles. The fourth-order valence-corrected chi connectivity index (χ4v) is 1.19. The molecule has 0 saturated carbocycles. The molecule has 0 spiro atoms. The van der Waals surface area contributed by atoms with Crippen LogP contribution >= 0.6 is 7.60 Å². The summed E-state index contributed by atoms with van der Waals surface area (Å²) in [7, 11) is -4.51. The topological polar surface area (TPSA) is 141 Å². The minimum Gasteiger partial charge on any atom is -0.481 e. The van der Waals surface area contributed by atoms with Gasteiger partial charge in [-0.1, -0.05) is 0 Å². The third kappa shape index (κ3) is 7.80. The predicted octanol–water partition coefficient (Wildman–Crippen LogP) is -1.77. The van der Waals surface area contributed by atoms with Crippen LogP contribution in [-0.2, 0) is 18.9 Å². The van der Waals surface area contributed by atoms with Crippen molar-refractivity contribution in [1.29, 1.82) is 0 Å². The number of nitrogens with one attached hydrogen (secondary N) is 1. The Hall–Kier alpha value is -1.24. The highest BCUT2D eigenvalue weighted by Crippen LogP contribution is 2.33. The maximum absolute atomic E-state index is 10.8. The van der Waals surface area contributed by atoms with Crippen molar-refractivity contribution < 1.29 is 33.8 Å². The monoisotopic (exact) mass is 238 g/mol. The second-order valence-electron chi connectivity index (χ2n) is 2.66. The standard InChI is InChI=1S/C6H9NO7P/c8-2-4(1-6(10)11)7-5(9)3-15(12,13)14/h4H,1,3H2,(H,7,9)(H,10,11)(H2,12,13,14)/t4-/m0/s1. The molecule has 0 aromatic rings. The molecule has 0 bridgehead atoms. The van der Waals surface area contributed by atoms with E-state index in [1.165, 1.54) is 6.29 Å². The van der Waals surface area contributed by atoms with Gasteiger partial charge in [0.1, 0.15) is 12.2 Å². The van der Waals surface area contributed by atoms with Crippen LogP contribution in [0.1, 0.15) is 6.42 Å². The molecule has 0 aliphatic rings. The summed E-state index contributed by atoms with van der Waals surface area (Å²) in [5, 5.41) is 10.1. The molecule has 0 rings (SSSR count). The first-order chi connectivity index (χ1) is 6.74. The minimum absolute atomic E-state index is 0.684. The molecule has 15 heavy (non-hydrogen) atoms. The Labute approximate surface area is 84.4 Å². The van der Waals surface area contributed by atoms with Crippen LogP contribution in [0.3, 0.4) is 0 Å². The van der Waals surface area contributed by atoms with Gasteiger partial charge in [0.25, 0.3) is 0 Å². The molecular weight excluding hydrogens is 229 g/mol. The van der Waals surface area contributed by atoms with Crippen molar-refractivity contribution in [2.75, 3.05) is 6.16 Å². The van der Waals surface area contributed by atoms with Crippen molar-refractivity contribution in [3.05, 3.63) is 0 Å². The average molecular weight is 238 g/mol. The van der Waals surface area contributed by atoms with Crippen LogP contribution in [0, 0.1) is 0 Å². The minimum atomic E-state index is -4.51. The quantitative estimate of drug-likeness (QED) is 0.401. The summed E-state index contributed by atoms with van der Waals surface area (Å²) in [6.07, 6.45) is -0.542. The smallest absolute Gasteiger partial charge is 0.334 e. The molecule has 0 unspecified atom stereocenters. The number of hydrogen-bond acceptors (Lipinski definition) is 4. The highest BCUT2D eigenvalue weighted by molar-refractivity contribution is 7.52. The van der Waals surface area contributed by atoms with E-state index in [0.717, 1.165) is 0 Å². The van der Waals surface area contributed by atoms with E-state index in [0.29, 0.717) is 0 Å². The summed E-state index contributed by atoms with van der Waals surface area (Å²) in [4.78, 5) is 47.9. The summed E-state index contributed by atoms with van der Waals surface area (Å²) < 4.78 is 10.4. The van der Waals surface area contributed by atoms with E-state index < -0.39 is 38.1 Å². The molecule has 8 nitrogen and oxygen atoms in total. The summed E-state index contributed by atoms with van der Waals surface area (Å²) in [6, 6.07) is -1.40. The van der Waals surface area contributed by atoms with E-state index in [1.54, 1.807) is 0 Å². The first-order valence-electron chi connectivity index (χ1n) is 3.68. The van der Waals surface area contributed by atoms with Crippen molar-refractivity contribution >= 4 is 25.8 Å². The first-order valence-corrected chi connectivity index (χ1v) is 5.48. The molecule has 0 aliphatic carbocycles. The average Bonchev–Trinajstić information content (AvgIpc) is 1.98. The van der Waals surface area contributed by atoms with Crippen LogP contribution in [0.5, 0.6) is 0 Å². The SMILES string of the molecule is O=[C][C@H](CC(=O)O)NC(=O)CP(=O)(O)O. The lowest BCUT2D eigenvalue weighted by atomic mass is 10.2. The van der Waals surface area contributed by atoms with E-state index in [9.17, 15) is 18.9 Å². The van der Waals surface area contributed by atoms with Gasteiger partial charge >= 0.3 is 13.6 Å². The second-order valence-corrected chi connectivity index (χ2v) is 4.30. The number of aliphatic carboxylic acids is 1. The van der Waals surface area contributed by atoms with E-state index in [1.807, 2.05) is 5.32 Å². The lowest BCUT2D eigenvalue weighted by Crippen LogP contribution is -2.39. The Bertz CT molecular complexity index is 309. The molecule has 1 amide bonds. The molecule has 0 saturated heterocycles. The largest absolute Gasteiger partial charge is 0.481 e. The molecule has 1 radical (unpaired) electrons. The van der Waals surface area contributed by atoms with Crippen LogP contribution in [0.4, 0.5) is 0 Å². The number of carbonyl (C=O) groups excluding carboxylic acids is 2. The van der Waals surface area contributed by atoms with Crippen molar-refractivity contribution in [3.63, 3.8) is 0 Å². The second kappa shape index (κ2) is 5.59. The van der Waals surface area contributed by atoms with Gasteiger partial charge < -0.3 is 20.2 Å². The molecule has 0 fully saturated rings. The zero-order valence-corrected chi connectivity index (χ0v) is 8.31. The highest BCUT2D eigenvalue weighted by atomic mass is 31.2. The lowest BCUT2D eigenvalue weighted by molar-refractivity contribution is -0.137. The van der Waals surface area contributed by atoms with Crippen molar-refractivity contribution in [1.82, 2.24) is 5.32 Å². The Morgan fingerprint density at radius 3 is 2.27 bits per heavy atom. The van der Waals surface area contributed by atoms with Gasteiger partial charge in [-0.3, -0.25) is 18.9 Å². The number of rotatable bonds is 6. The molecule has 1 atom stereocenters. The van der Waals surface area contributed by atoms with Crippen LogP contribution in [0.15, 0.2) is 0 Å². The lowest BCUT2D eigenvalue weighted by Gasteiger charge is -2.09. The van der Waals surface area contributed by atoms with E-state index >= 15 is 0 Å². The fourth-order valence-electron chi connectivity index (χ4n) is 0.724. The highest BCUT2D eigenvalue weighted by Gasteiger charge is 2.22. The predicted molar refractivity (Wildman–Crippen MR) is 46.8 cm³/mol. The summed E-state index contributed by atoms with van der Waals surface area (Å²) >= 11 is 0. The summed E-state index contributed by atoms with van der Waals surface area (Å²) in [6.45, 7) is 0. The molecule has 85 valence electrons. The molecule has 0 heterocycles. The van der Waals surface area contributed by atoms with E-state index in [-0.39, 0.29) is 0 Å².